The van der Waals surface area contributed by atoms with Crippen LogP contribution in [0.1, 0.15) is 22.3 Å². The number of hydrogen-bond donors (Lipinski definition) is 1. The molecular weight excluding hydrogens is 266 g/mol. The lowest BCUT2D eigenvalue weighted by Crippen LogP contribution is -2.19. The number of aryl methyl sites for hydroxylation is 1. The first-order valence-corrected chi connectivity index (χ1v) is 7.58. The van der Waals surface area contributed by atoms with E-state index < -0.39 is 0 Å². The molecule has 1 atom stereocenters. The van der Waals surface area contributed by atoms with Crippen LogP contribution in [0.4, 0.5) is 0 Å². The summed E-state index contributed by atoms with van der Waals surface area (Å²) in [6.07, 6.45) is 0.879. The number of fused-ring (bicyclic) bond motifs is 1. The van der Waals surface area contributed by atoms with Crippen molar-refractivity contribution in [1.29, 1.82) is 0 Å². The van der Waals surface area contributed by atoms with E-state index in [2.05, 4.69) is 41.5 Å². The Kier molecular flexibility index (Phi) is 3.76. The Labute approximate surface area is 122 Å². The van der Waals surface area contributed by atoms with Gasteiger partial charge in [-0.2, -0.15) is 0 Å². The van der Waals surface area contributed by atoms with Crippen LogP contribution in [-0.4, -0.2) is 17.0 Å². The largest absolute Gasteiger partial charge is 0.312 e. The molecule has 4 heteroatoms. The topological polar surface area (TPSA) is 37.8 Å². The van der Waals surface area contributed by atoms with Gasteiger partial charge in [0.05, 0.1) is 16.7 Å². The van der Waals surface area contributed by atoms with Crippen LogP contribution in [0.15, 0.2) is 41.9 Å². The van der Waals surface area contributed by atoms with Crippen LogP contribution < -0.4 is 5.32 Å². The zero-order valence-corrected chi connectivity index (χ0v) is 12.4. The maximum atomic E-state index is 4.75. The fourth-order valence-corrected chi connectivity index (χ4v) is 3.32. The standard InChI is InChI=1S/C16H17N3S/c1-11-16(20-10-18-11)15(17-2)9-13-8-7-12-5-3-4-6-14(12)19-13/h3-8,10,15,17H,9H2,1-2H3. The van der Waals surface area contributed by atoms with Gasteiger partial charge in [0.25, 0.3) is 0 Å². The monoisotopic (exact) mass is 283 g/mol. The van der Waals surface area contributed by atoms with Gasteiger partial charge in [-0.05, 0) is 26.1 Å². The second kappa shape index (κ2) is 5.69. The van der Waals surface area contributed by atoms with Crippen molar-refractivity contribution in [2.45, 2.75) is 19.4 Å². The molecule has 0 aliphatic rings. The van der Waals surface area contributed by atoms with E-state index in [1.807, 2.05) is 24.7 Å². The van der Waals surface area contributed by atoms with Crippen LogP contribution in [0, 0.1) is 6.92 Å². The molecule has 0 aliphatic heterocycles. The maximum Gasteiger partial charge on any atom is 0.0798 e. The van der Waals surface area contributed by atoms with Gasteiger partial charge < -0.3 is 5.32 Å². The fourth-order valence-electron chi connectivity index (χ4n) is 2.40. The van der Waals surface area contributed by atoms with Crippen molar-refractivity contribution in [3.63, 3.8) is 0 Å². The molecule has 0 bridgehead atoms. The second-order valence-corrected chi connectivity index (χ2v) is 5.73. The SMILES string of the molecule is CNC(Cc1ccc2ccccc2n1)c1scnc1C. The fraction of sp³-hybridized carbons (Fsp3) is 0.250. The molecule has 3 nitrogen and oxygen atoms in total. The number of rotatable bonds is 4. The summed E-state index contributed by atoms with van der Waals surface area (Å²) in [5.74, 6) is 0. The first-order chi connectivity index (χ1) is 9.78. The van der Waals surface area contributed by atoms with Crippen molar-refractivity contribution in [3.8, 4) is 0 Å². The molecule has 1 N–H and O–H groups in total. The normalized spacial score (nSPS) is 12.7. The summed E-state index contributed by atoms with van der Waals surface area (Å²) in [7, 11) is 1.99. The van der Waals surface area contributed by atoms with E-state index in [1.54, 1.807) is 11.3 Å². The van der Waals surface area contributed by atoms with E-state index in [0.717, 1.165) is 23.3 Å². The van der Waals surface area contributed by atoms with Crippen molar-refractivity contribution in [2.24, 2.45) is 0 Å². The Bertz CT molecular complexity index is 720. The van der Waals surface area contributed by atoms with Gasteiger partial charge in [-0.1, -0.05) is 24.3 Å². The van der Waals surface area contributed by atoms with Crippen LogP contribution in [-0.2, 0) is 6.42 Å². The summed E-state index contributed by atoms with van der Waals surface area (Å²) >= 11 is 1.70. The number of thiazole rings is 1. The van der Waals surface area contributed by atoms with Gasteiger partial charge in [0.1, 0.15) is 0 Å². The number of hydrogen-bond acceptors (Lipinski definition) is 4. The molecule has 0 radical (unpaired) electrons. The summed E-state index contributed by atoms with van der Waals surface area (Å²) in [6.45, 7) is 2.06. The van der Waals surface area contributed by atoms with Gasteiger partial charge in [-0.3, -0.25) is 4.98 Å². The minimum Gasteiger partial charge on any atom is -0.312 e. The van der Waals surface area contributed by atoms with Crippen LogP contribution >= 0.6 is 11.3 Å². The lowest BCUT2D eigenvalue weighted by molar-refractivity contribution is 0.591. The van der Waals surface area contributed by atoms with Crippen molar-refractivity contribution >= 4 is 22.2 Å². The molecule has 0 aliphatic carbocycles. The molecule has 1 unspecified atom stereocenters. The molecule has 20 heavy (non-hydrogen) atoms. The molecule has 0 saturated heterocycles. The third-order valence-corrected chi connectivity index (χ3v) is 4.56. The van der Waals surface area contributed by atoms with Crippen LogP contribution in [0.25, 0.3) is 10.9 Å². The number of nitrogens with zero attached hydrogens (tertiary/aromatic N) is 2. The molecule has 0 fully saturated rings. The number of nitrogens with one attached hydrogen (secondary N) is 1. The third-order valence-electron chi connectivity index (χ3n) is 3.52. The predicted octanol–water partition coefficient (Wildman–Crippen LogP) is 3.50. The number of benzene rings is 1. The Morgan fingerprint density at radius 1 is 1.20 bits per heavy atom. The van der Waals surface area contributed by atoms with Crippen molar-refractivity contribution in [1.82, 2.24) is 15.3 Å². The Morgan fingerprint density at radius 2 is 2.05 bits per heavy atom. The van der Waals surface area contributed by atoms with E-state index in [0.29, 0.717) is 0 Å². The first kappa shape index (κ1) is 13.2. The first-order valence-electron chi connectivity index (χ1n) is 6.70. The number of para-hydroxylation sites is 1. The van der Waals surface area contributed by atoms with Crippen molar-refractivity contribution < 1.29 is 0 Å². The van der Waals surface area contributed by atoms with E-state index in [-0.39, 0.29) is 6.04 Å². The van der Waals surface area contributed by atoms with Gasteiger partial charge in [0.15, 0.2) is 0 Å². The summed E-state index contributed by atoms with van der Waals surface area (Å²) in [4.78, 5) is 10.4. The third kappa shape index (κ3) is 2.57. The predicted molar refractivity (Wildman–Crippen MR) is 84.1 cm³/mol. The number of aromatic nitrogens is 2. The summed E-state index contributed by atoms with van der Waals surface area (Å²) in [5, 5.41) is 4.56. The average molecular weight is 283 g/mol. The molecule has 0 spiro atoms. The Balaban J connectivity index is 1.89. The molecule has 3 rings (SSSR count). The Morgan fingerprint density at radius 3 is 2.80 bits per heavy atom. The number of likely N-dealkylation sites (N-methyl/N-ethyl adjacent to an activating group) is 1. The van der Waals surface area contributed by atoms with Gasteiger partial charge in [-0.25, -0.2) is 4.98 Å². The highest BCUT2D eigenvalue weighted by molar-refractivity contribution is 7.09. The molecule has 3 aromatic rings. The smallest absolute Gasteiger partial charge is 0.0798 e. The lowest BCUT2D eigenvalue weighted by atomic mass is 10.1. The van der Waals surface area contributed by atoms with Crippen molar-refractivity contribution in [3.05, 3.63) is 58.2 Å². The molecule has 2 aromatic heterocycles. The zero-order valence-electron chi connectivity index (χ0n) is 11.6. The molecular formula is C16H17N3S. The van der Waals surface area contributed by atoms with E-state index >= 15 is 0 Å². The van der Waals surface area contributed by atoms with Gasteiger partial charge in [0.2, 0.25) is 0 Å². The van der Waals surface area contributed by atoms with Crippen molar-refractivity contribution in [2.75, 3.05) is 7.05 Å². The van der Waals surface area contributed by atoms with E-state index in [9.17, 15) is 0 Å². The average Bonchev–Trinajstić information content (AvgIpc) is 2.91. The van der Waals surface area contributed by atoms with E-state index in [1.165, 1.54) is 10.3 Å². The molecule has 1 aromatic carbocycles. The molecule has 0 amide bonds. The minimum absolute atomic E-state index is 0.274. The highest BCUT2D eigenvalue weighted by Crippen LogP contribution is 2.25. The minimum atomic E-state index is 0.274. The highest BCUT2D eigenvalue weighted by Gasteiger charge is 2.15. The van der Waals surface area contributed by atoms with Gasteiger partial charge >= 0.3 is 0 Å². The lowest BCUT2D eigenvalue weighted by Gasteiger charge is -2.15. The van der Waals surface area contributed by atoms with E-state index in [4.69, 9.17) is 4.98 Å². The number of pyridine rings is 1. The Hall–Kier alpha value is -1.78. The molecule has 0 saturated carbocycles. The summed E-state index contributed by atoms with van der Waals surface area (Å²) < 4.78 is 0. The summed E-state index contributed by atoms with van der Waals surface area (Å²) in [5.41, 5.74) is 5.18. The zero-order chi connectivity index (χ0) is 13.9. The van der Waals surface area contributed by atoms with Gasteiger partial charge in [0, 0.05) is 28.4 Å². The maximum absolute atomic E-state index is 4.75. The van der Waals surface area contributed by atoms with Crippen LogP contribution in [0.3, 0.4) is 0 Å². The second-order valence-electron chi connectivity index (χ2n) is 4.84. The van der Waals surface area contributed by atoms with Crippen LogP contribution in [0.2, 0.25) is 0 Å². The quantitative estimate of drug-likeness (QED) is 0.796. The molecule has 2 heterocycles. The summed E-state index contributed by atoms with van der Waals surface area (Å²) in [6, 6.07) is 12.8. The molecule has 102 valence electrons. The van der Waals surface area contributed by atoms with Crippen LogP contribution in [0.5, 0.6) is 0 Å². The highest BCUT2D eigenvalue weighted by atomic mass is 32.1. The van der Waals surface area contributed by atoms with Gasteiger partial charge in [-0.15, -0.1) is 11.3 Å².